The fourth-order valence-corrected chi connectivity index (χ4v) is 2.35. The summed E-state index contributed by atoms with van der Waals surface area (Å²) in [6.45, 7) is 6.79. The minimum atomic E-state index is -0.378. The summed E-state index contributed by atoms with van der Waals surface area (Å²) in [6, 6.07) is 12.9. The second-order valence-electron chi connectivity index (χ2n) is 6.43. The Hall–Kier alpha value is -2.69. The van der Waals surface area contributed by atoms with Gasteiger partial charge in [-0.2, -0.15) is 0 Å². The highest BCUT2D eigenvalue weighted by atomic mass is 16.5. The van der Waals surface area contributed by atoms with E-state index in [0.29, 0.717) is 30.2 Å². The molecule has 5 nitrogen and oxygen atoms in total. The first-order chi connectivity index (χ1) is 12.5. The molecule has 2 aromatic rings. The molecule has 2 N–H and O–H groups in total. The Bertz CT molecular complexity index is 728. The third kappa shape index (κ3) is 6.31. The summed E-state index contributed by atoms with van der Waals surface area (Å²) in [7, 11) is 0. The van der Waals surface area contributed by atoms with Crippen molar-refractivity contribution >= 4 is 11.7 Å². The summed E-state index contributed by atoms with van der Waals surface area (Å²) in [5.41, 5.74) is 8.04. The molecule has 0 aliphatic heterocycles. The maximum absolute atomic E-state index is 12.0. The van der Waals surface area contributed by atoms with Crippen molar-refractivity contribution < 1.29 is 19.0 Å². The van der Waals surface area contributed by atoms with Crippen molar-refractivity contribution in [1.29, 1.82) is 0 Å². The third-order valence-corrected chi connectivity index (χ3v) is 3.65. The number of carbonyl (C=O) groups excluding carboxylic acids is 1. The van der Waals surface area contributed by atoms with Crippen molar-refractivity contribution in [2.75, 3.05) is 18.9 Å². The minimum absolute atomic E-state index is 0.169. The number of benzene rings is 2. The molecule has 0 spiro atoms. The zero-order valence-corrected chi connectivity index (χ0v) is 15.7. The van der Waals surface area contributed by atoms with Gasteiger partial charge < -0.3 is 19.9 Å². The van der Waals surface area contributed by atoms with E-state index in [2.05, 4.69) is 0 Å². The van der Waals surface area contributed by atoms with Crippen LogP contribution in [0, 0.1) is 6.92 Å². The van der Waals surface area contributed by atoms with Gasteiger partial charge in [0.05, 0.1) is 30.6 Å². The highest BCUT2D eigenvalue weighted by Gasteiger charge is 2.12. The molecule has 5 heteroatoms. The van der Waals surface area contributed by atoms with Crippen LogP contribution in [0.4, 0.5) is 5.69 Å². The van der Waals surface area contributed by atoms with Gasteiger partial charge in [0, 0.05) is 0 Å². The van der Waals surface area contributed by atoms with E-state index in [9.17, 15) is 4.79 Å². The molecular weight excluding hydrogens is 330 g/mol. The van der Waals surface area contributed by atoms with Crippen LogP contribution in [0.15, 0.2) is 42.5 Å². The van der Waals surface area contributed by atoms with Crippen LogP contribution in [-0.2, 0) is 4.74 Å². The van der Waals surface area contributed by atoms with E-state index in [1.165, 1.54) is 5.56 Å². The average molecular weight is 357 g/mol. The molecule has 2 rings (SSSR count). The number of nitrogens with two attached hydrogens (primary N) is 1. The Morgan fingerprint density at radius 1 is 1.04 bits per heavy atom. The number of esters is 1. The second kappa shape index (κ2) is 9.70. The zero-order valence-electron chi connectivity index (χ0n) is 15.7. The first-order valence-electron chi connectivity index (χ1n) is 8.88. The summed E-state index contributed by atoms with van der Waals surface area (Å²) >= 11 is 0. The van der Waals surface area contributed by atoms with Crippen LogP contribution >= 0.6 is 0 Å². The van der Waals surface area contributed by atoms with Crippen LogP contribution in [0.25, 0.3) is 0 Å². The molecule has 0 saturated carbocycles. The number of anilines is 1. The van der Waals surface area contributed by atoms with Crippen molar-refractivity contribution in [1.82, 2.24) is 0 Å². The minimum Gasteiger partial charge on any atom is -0.494 e. The highest BCUT2D eigenvalue weighted by molar-refractivity contribution is 5.90. The highest BCUT2D eigenvalue weighted by Crippen LogP contribution is 2.24. The Morgan fingerprint density at radius 2 is 1.77 bits per heavy atom. The Morgan fingerprint density at radius 3 is 2.46 bits per heavy atom. The molecule has 0 fully saturated rings. The molecule has 26 heavy (non-hydrogen) atoms. The second-order valence-corrected chi connectivity index (χ2v) is 6.43. The van der Waals surface area contributed by atoms with Gasteiger partial charge in [-0.05, 0) is 69.5 Å². The largest absolute Gasteiger partial charge is 0.494 e. The molecule has 0 aliphatic carbocycles. The Labute approximate surface area is 155 Å². The number of unbranched alkanes of at least 4 members (excludes halogenated alkanes) is 1. The fourth-order valence-electron chi connectivity index (χ4n) is 2.35. The Balaban J connectivity index is 1.75. The van der Waals surface area contributed by atoms with E-state index in [1.54, 1.807) is 18.2 Å². The zero-order chi connectivity index (χ0) is 18.9. The van der Waals surface area contributed by atoms with Crippen molar-refractivity contribution in [3.05, 3.63) is 53.6 Å². The van der Waals surface area contributed by atoms with E-state index >= 15 is 0 Å². The van der Waals surface area contributed by atoms with Crippen LogP contribution in [0.3, 0.4) is 0 Å². The van der Waals surface area contributed by atoms with E-state index < -0.39 is 0 Å². The first kappa shape index (κ1) is 19.6. The summed E-state index contributed by atoms with van der Waals surface area (Å²) in [6.07, 6.45) is 1.52. The predicted octanol–water partition coefficient (Wildman–Crippen LogP) is 4.38. The van der Waals surface area contributed by atoms with Crippen LogP contribution in [0.2, 0.25) is 0 Å². The molecule has 0 atom stereocenters. The van der Waals surface area contributed by atoms with Crippen LogP contribution < -0.4 is 15.2 Å². The van der Waals surface area contributed by atoms with Crippen LogP contribution in [0.5, 0.6) is 11.5 Å². The van der Waals surface area contributed by atoms with Gasteiger partial charge in [-0.3, -0.25) is 0 Å². The van der Waals surface area contributed by atoms with Crippen LogP contribution in [-0.4, -0.2) is 25.3 Å². The predicted molar refractivity (Wildman–Crippen MR) is 103 cm³/mol. The molecule has 0 saturated heterocycles. The third-order valence-electron chi connectivity index (χ3n) is 3.65. The summed E-state index contributed by atoms with van der Waals surface area (Å²) in [5, 5.41) is 0. The molecule has 0 aliphatic rings. The molecule has 0 heterocycles. The number of hydrogen-bond acceptors (Lipinski definition) is 5. The van der Waals surface area contributed by atoms with Gasteiger partial charge in [-0.1, -0.05) is 12.1 Å². The number of rotatable bonds is 9. The number of ether oxygens (including phenoxy) is 3. The van der Waals surface area contributed by atoms with E-state index in [1.807, 2.05) is 45.0 Å². The molecule has 140 valence electrons. The number of nitrogen functional groups attached to an aromatic ring is 1. The van der Waals surface area contributed by atoms with Gasteiger partial charge in [0.15, 0.2) is 0 Å². The lowest BCUT2D eigenvalue weighted by Gasteiger charge is -2.12. The lowest BCUT2D eigenvalue weighted by atomic mass is 10.2. The normalized spacial score (nSPS) is 10.6. The molecule has 0 radical (unpaired) electrons. The van der Waals surface area contributed by atoms with Gasteiger partial charge in [-0.25, -0.2) is 4.79 Å². The van der Waals surface area contributed by atoms with Gasteiger partial charge in [0.2, 0.25) is 0 Å². The standard InChI is InChI=1S/C21H27NO4/c1-15(2)26-21(23)17-9-10-19(22)20(14-17)25-12-5-4-11-24-18-8-6-7-16(3)13-18/h6-10,13-15H,4-5,11-12,22H2,1-3H3. The smallest absolute Gasteiger partial charge is 0.338 e. The number of carbonyl (C=O) groups is 1. The fraction of sp³-hybridized carbons (Fsp3) is 0.381. The summed E-state index contributed by atoms with van der Waals surface area (Å²) in [5.74, 6) is 1.01. The number of aryl methyl sites for hydroxylation is 1. The van der Waals surface area contributed by atoms with E-state index in [-0.39, 0.29) is 12.1 Å². The molecule has 0 aromatic heterocycles. The maximum atomic E-state index is 12.0. The number of hydrogen-bond donors (Lipinski definition) is 1. The summed E-state index contributed by atoms with van der Waals surface area (Å²) in [4.78, 5) is 12.0. The van der Waals surface area contributed by atoms with Crippen molar-refractivity contribution in [2.24, 2.45) is 0 Å². The lowest BCUT2D eigenvalue weighted by molar-refractivity contribution is 0.0377. The van der Waals surface area contributed by atoms with E-state index in [0.717, 1.165) is 18.6 Å². The summed E-state index contributed by atoms with van der Waals surface area (Å²) < 4.78 is 16.6. The molecule has 2 aromatic carbocycles. The average Bonchev–Trinajstić information content (AvgIpc) is 2.58. The van der Waals surface area contributed by atoms with Crippen molar-refractivity contribution in [3.8, 4) is 11.5 Å². The SMILES string of the molecule is Cc1cccc(OCCCCOc2cc(C(=O)OC(C)C)ccc2N)c1. The van der Waals surface area contributed by atoms with E-state index in [4.69, 9.17) is 19.9 Å². The molecule has 0 bridgehead atoms. The molecule has 0 unspecified atom stereocenters. The van der Waals surface area contributed by atoms with Gasteiger partial charge >= 0.3 is 5.97 Å². The quantitative estimate of drug-likeness (QED) is 0.410. The maximum Gasteiger partial charge on any atom is 0.338 e. The molecule has 0 amide bonds. The van der Waals surface area contributed by atoms with Gasteiger partial charge in [0.1, 0.15) is 11.5 Å². The topological polar surface area (TPSA) is 70.8 Å². The first-order valence-corrected chi connectivity index (χ1v) is 8.88. The lowest BCUT2D eigenvalue weighted by Crippen LogP contribution is -2.12. The Kier molecular flexibility index (Phi) is 7.33. The van der Waals surface area contributed by atoms with Crippen LogP contribution in [0.1, 0.15) is 42.6 Å². The van der Waals surface area contributed by atoms with Gasteiger partial charge in [0.25, 0.3) is 0 Å². The van der Waals surface area contributed by atoms with Crippen molar-refractivity contribution in [2.45, 2.75) is 39.7 Å². The van der Waals surface area contributed by atoms with Crippen molar-refractivity contribution in [3.63, 3.8) is 0 Å². The molecular formula is C21H27NO4. The van der Waals surface area contributed by atoms with Gasteiger partial charge in [-0.15, -0.1) is 0 Å². The monoisotopic (exact) mass is 357 g/mol.